The van der Waals surface area contributed by atoms with Crippen LogP contribution in [0, 0.1) is 5.92 Å². The predicted molar refractivity (Wildman–Crippen MR) is 66.9 cm³/mol. The standard InChI is InChI=1S/C12H16BrNO3/c1-14(7-9-3-2-5-16-8-9)12(15)10-4-6-17-11(10)13/h4,6,9H,2-3,5,7-8H2,1H3. The van der Waals surface area contributed by atoms with Crippen LogP contribution in [0.1, 0.15) is 23.2 Å². The second kappa shape index (κ2) is 5.69. The van der Waals surface area contributed by atoms with Gasteiger partial charge >= 0.3 is 0 Å². The monoisotopic (exact) mass is 301 g/mol. The van der Waals surface area contributed by atoms with Crippen molar-refractivity contribution in [2.75, 3.05) is 26.8 Å². The quantitative estimate of drug-likeness (QED) is 0.861. The number of halogens is 1. The summed E-state index contributed by atoms with van der Waals surface area (Å²) < 4.78 is 11.0. The van der Waals surface area contributed by atoms with E-state index in [9.17, 15) is 4.79 Å². The van der Waals surface area contributed by atoms with Crippen LogP contribution in [0.4, 0.5) is 0 Å². The normalized spacial score (nSPS) is 20.2. The first-order valence-corrected chi connectivity index (χ1v) is 6.54. The van der Waals surface area contributed by atoms with Gasteiger partial charge in [0.1, 0.15) is 0 Å². The van der Waals surface area contributed by atoms with Gasteiger partial charge in [0.15, 0.2) is 4.67 Å². The van der Waals surface area contributed by atoms with Crippen molar-refractivity contribution in [2.24, 2.45) is 5.92 Å². The fourth-order valence-corrected chi connectivity index (χ4v) is 2.48. The highest BCUT2D eigenvalue weighted by atomic mass is 79.9. The Balaban J connectivity index is 1.93. The molecule has 4 nitrogen and oxygen atoms in total. The molecule has 1 fully saturated rings. The summed E-state index contributed by atoms with van der Waals surface area (Å²) >= 11 is 3.22. The maximum absolute atomic E-state index is 12.1. The first-order chi connectivity index (χ1) is 8.18. The van der Waals surface area contributed by atoms with Crippen LogP contribution in [0.2, 0.25) is 0 Å². The SMILES string of the molecule is CN(CC1CCCOC1)C(=O)c1ccoc1Br. The third-order valence-corrected chi connectivity index (χ3v) is 3.60. The average molecular weight is 302 g/mol. The Morgan fingerprint density at radius 3 is 3.06 bits per heavy atom. The summed E-state index contributed by atoms with van der Waals surface area (Å²) in [6, 6.07) is 1.68. The Morgan fingerprint density at radius 1 is 1.65 bits per heavy atom. The van der Waals surface area contributed by atoms with Crippen molar-refractivity contribution in [2.45, 2.75) is 12.8 Å². The van der Waals surface area contributed by atoms with E-state index >= 15 is 0 Å². The van der Waals surface area contributed by atoms with Crippen LogP contribution in [0.25, 0.3) is 0 Å². The smallest absolute Gasteiger partial charge is 0.258 e. The molecule has 1 aromatic heterocycles. The molecule has 1 atom stereocenters. The molecular weight excluding hydrogens is 286 g/mol. The van der Waals surface area contributed by atoms with Crippen LogP contribution >= 0.6 is 15.9 Å². The predicted octanol–water partition coefficient (Wildman–Crippen LogP) is 2.54. The number of carbonyl (C=O) groups excluding carboxylic acids is 1. The summed E-state index contributed by atoms with van der Waals surface area (Å²) in [5.74, 6) is 0.430. The lowest BCUT2D eigenvalue weighted by molar-refractivity contribution is 0.0388. The van der Waals surface area contributed by atoms with Gasteiger partial charge in [0.05, 0.1) is 18.4 Å². The molecule has 1 aromatic rings. The van der Waals surface area contributed by atoms with Crippen LogP contribution in [-0.4, -0.2) is 37.6 Å². The van der Waals surface area contributed by atoms with Crippen LogP contribution in [-0.2, 0) is 4.74 Å². The van der Waals surface area contributed by atoms with Gasteiger partial charge in [-0.15, -0.1) is 0 Å². The Morgan fingerprint density at radius 2 is 2.47 bits per heavy atom. The van der Waals surface area contributed by atoms with Crippen molar-refractivity contribution >= 4 is 21.8 Å². The summed E-state index contributed by atoms with van der Waals surface area (Å²) in [6.07, 6.45) is 3.72. The largest absolute Gasteiger partial charge is 0.457 e. The molecular formula is C12H16BrNO3. The number of furan rings is 1. The van der Waals surface area contributed by atoms with Gasteiger partial charge in [-0.1, -0.05) is 0 Å². The number of nitrogens with zero attached hydrogens (tertiary/aromatic N) is 1. The molecule has 1 amide bonds. The van der Waals surface area contributed by atoms with E-state index < -0.39 is 0 Å². The van der Waals surface area contributed by atoms with Gasteiger partial charge in [0.25, 0.3) is 5.91 Å². The maximum atomic E-state index is 12.1. The number of rotatable bonds is 3. The highest BCUT2D eigenvalue weighted by Crippen LogP contribution is 2.20. The van der Waals surface area contributed by atoms with Crippen molar-refractivity contribution in [3.05, 3.63) is 22.6 Å². The molecule has 1 aliphatic rings. The first kappa shape index (κ1) is 12.6. The molecule has 5 heteroatoms. The summed E-state index contributed by atoms with van der Waals surface area (Å²) in [4.78, 5) is 13.8. The van der Waals surface area contributed by atoms with E-state index in [1.165, 1.54) is 6.26 Å². The third kappa shape index (κ3) is 3.10. The van der Waals surface area contributed by atoms with E-state index in [0.29, 0.717) is 16.2 Å². The minimum atomic E-state index is -0.0174. The Labute approximate surface area is 109 Å². The molecule has 1 aliphatic heterocycles. The molecule has 2 heterocycles. The van der Waals surface area contributed by atoms with Crippen LogP contribution in [0.3, 0.4) is 0 Å². The summed E-state index contributed by atoms with van der Waals surface area (Å²) in [5.41, 5.74) is 0.573. The van der Waals surface area contributed by atoms with Gasteiger partial charge < -0.3 is 14.1 Å². The van der Waals surface area contributed by atoms with Gasteiger partial charge in [-0.05, 0) is 40.8 Å². The lowest BCUT2D eigenvalue weighted by Crippen LogP contribution is -2.35. The summed E-state index contributed by atoms with van der Waals surface area (Å²) in [5, 5.41) is 0. The van der Waals surface area contributed by atoms with E-state index in [2.05, 4.69) is 15.9 Å². The number of carbonyl (C=O) groups is 1. The molecule has 0 bridgehead atoms. The molecule has 94 valence electrons. The van der Waals surface area contributed by atoms with Crippen molar-refractivity contribution in [3.8, 4) is 0 Å². The molecule has 0 spiro atoms. The number of hydrogen-bond donors (Lipinski definition) is 0. The topological polar surface area (TPSA) is 42.7 Å². The number of amides is 1. The zero-order valence-corrected chi connectivity index (χ0v) is 11.4. The van der Waals surface area contributed by atoms with E-state index in [1.807, 2.05) is 7.05 Å². The highest BCUT2D eigenvalue weighted by Gasteiger charge is 2.21. The highest BCUT2D eigenvalue weighted by molar-refractivity contribution is 9.10. The zero-order valence-electron chi connectivity index (χ0n) is 9.82. The lowest BCUT2D eigenvalue weighted by Gasteiger charge is -2.26. The molecule has 17 heavy (non-hydrogen) atoms. The van der Waals surface area contributed by atoms with Crippen LogP contribution in [0.5, 0.6) is 0 Å². The fourth-order valence-electron chi connectivity index (χ4n) is 2.07. The molecule has 0 aromatic carbocycles. The van der Waals surface area contributed by atoms with Gasteiger partial charge in [0, 0.05) is 20.2 Å². The van der Waals surface area contributed by atoms with Gasteiger partial charge in [0.2, 0.25) is 0 Å². The molecule has 2 rings (SSSR count). The molecule has 1 saturated heterocycles. The van der Waals surface area contributed by atoms with Gasteiger partial charge in [-0.3, -0.25) is 4.79 Å². The average Bonchev–Trinajstić information content (AvgIpc) is 2.76. The third-order valence-electron chi connectivity index (χ3n) is 2.98. The number of hydrogen-bond acceptors (Lipinski definition) is 3. The van der Waals surface area contributed by atoms with E-state index in [0.717, 1.165) is 32.6 Å². The molecule has 0 saturated carbocycles. The molecule has 0 radical (unpaired) electrons. The van der Waals surface area contributed by atoms with Crippen molar-refractivity contribution in [3.63, 3.8) is 0 Å². The van der Waals surface area contributed by atoms with Crippen molar-refractivity contribution in [1.29, 1.82) is 0 Å². The minimum absolute atomic E-state index is 0.0174. The lowest BCUT2D eigenvalue weighted by atomic mass is 10.0. The fraction of sp³-hybridized carbons (Fsp3) is 0.583. The zero-order chi connectivity index (χ0) is 12.3. The summed E-state index contributed by atoms with van der Waals surface area (Å²) in [6.45, 7) is 2.34. The Kier molecular flexibility index (Phi) is 4.23. The molecule has 0 N–H and O–H groups in total. The molecule has 1 unspecified atom stereocenters. The van der Waals surface area contributed by atoms with E-state index in [-0.39, 0.29) is 5.91 Å². The first-order valence-electron chi connectivity index (χ1n) is 5.74. The molecule has 0 aliphatic carbocycles. The Hall–Kier alpha value is -0.810. The van der Waals surface area contributed by atoms with E-state index in [4.69, 9.17) is 9.15 Å². The summed E-state index contributed by atoms with van der Waals surface area (Å²) in [7, 11) is 1.82. The minimum Gasteiger partial charge on any atom is -0.457 e. The van der Waals surface area contributed by atoms with Crippen LogP contribution in [0.15, 0.2) is 21.4 Å². The van der Waals surface area contributed by atoms with Crippen LogP contribution < -0.4 is 0 Å². The second-order valence-electron chi connectivity index (χ2n) is 4.38. The van der Waals surface area contributed by atoms with Crippen molar-refractivity contribution in [1.82, 2.24) is 4.90 Å². The maximum Gasteiger partial charge on any atom is 0.258 e. The Bertz CT molecular complexity index is 385. The van der Waals surface area contributed by atoms with Crippen molar-refractivity contribution < 1.29 is 13.9 Å². The second-order valence-corrected chi connectivity index (χ2v) is 5.10. The van der Waals surface area contributed by atoms with E-state index in [1.54, 1.807) is 11.0 Å². The van der Waals surface area contributed by atoms with Gasteiger partial charge in [-0.25, -0.2) is 0 Å². The number of ether oxygens (including phenoxy) is 1. The van der Waals surface area contributed by atoms with Gasteiger partial charge in [-0.2, -0.15) is 0 Å².